The van der Waals surface area contributed by atoms with Crippen molar-refractivity contribution >= 4 is 11.5 Å². The maximum absolute atomic E-state index is 11.3. The van der Waals surface area contributed by atoms with Gasteiger partial charge < -0.3 is 10.6 Å². The molecule has 0 amide bonds. The molecular weight excluding hydrogens is 258 g/mol. The lowest BCUT2D eigenvalue weighted by molar-refractivity contribution is -0.384. The Kier molecular flexibility index (Phi) is 4.59. The van der Waals surface area contributed by atoms with E-state index in [9.17, 15) is 10.1 Å². The predicted octanol–water partition coefficient (Wildman–Crippen LogP) is 2.06. The van der Waals surface area contributed by atoms with Crippen LogP contribution in [0.2, 0.25) is 0 Å². The lowest BCUT2D eigenvalue weighted by Gasteiger charge is -2.29. The van der Waals surface area contributed by atoms with E-state index in [4.69, 9.17) is 0 Å². The van der Waals surface area contributed by atoms with Crippen LogP contribution in [0.15, 0.2) is 0 Å². The van der Waals surface area contributed by atoms with Gasteiger partial charge in [-0.2, -0.15) is 5.10 Å². The van der Waals surface area contributed by atoms with E-state index in [1.54, 1.807) is 11.6 Å². The molecule has 0 spiro atoms. The number of hydrogen-bond acceptors (Lipinski definition) is 5. The van der Waals surface area contributed by atoms with Gasteiger partial charge in [-0.25, -0.2) is 4.68 Å². The van der Waals surface area contributed by atoms with E-state index in [2.05, 4.69) is 22.7 Å². The molecule has 2 atom stereocenters. The van der Waals surface area contributed by atoms with Gasteiger partial charge in [-0.1, -0.05) is 6.92 Å². The third-order valence-corrected chi connectivity index (χ3v) is 3.68. The molecule has 0 aliphatic carbocycles. The Bertz CT molecular complexity index is 485. The second kappa shape index (κ2) is 6.21. The number of hydrogen-bond donors (Lipinski definition) is 2. The van der Waals surface area contributed by atoms with Gasteiger partial charge in [0.15, 0.2) is 0 Å². The summed E-state index contributed by atoms with van der Waals surface area (Å²) in [5.41, 5.74) is 0.595. The van der Waals surface area contributed by atoms with Gasteiger partial charge >= 0.3 is 5.69 Å². The van der Waals surface area contributed by atoms with Gasteiger partial charge in [0.25, 0.3) is 0 Å². The van der Waals surface area contributed by atoms with E-state index < -0.39 is 0 Å². The molecule has 20 heavy (non-hydrogen) atoms. The van der Waals surface area contributed by atoms with Crippen LogP contribution in [-0.4, -0.2) is 33.3 Å². The summed E-state index contributed by atoms with van der Waals surface area (Å²) in [4.78, 5) is 10.9. The topological polar surface area (TPSA) is 85.0 Å². The van der Waals surface area contributed by atoms with Gasteiger partial charge in [0.05, 0.1) is 4.92 Å². The molecule has 112 valence electrons. The summed E-state index contributed by atoms with van der Waals surface area (Å²) in [6, 6.07) is 0.695. The lowest BCUT2D eigenvalue weighted by atomic mass is 10.0. The van der Waals surface area contributed by atoms with Crippen molar-refractivity contribution in [3.8, 4) is 0 Å². The van der Waals surface area contributed by atoms with Crippen molar-refractivity contribution in [2.75, 3.05) is 11.9 Å². The number of aryl methyl sites for hydroxylation is 2. The van der Waals surface area contributed by atoms with Crippen LogP contribution in [0.3, 0.4) is 0 Å². The van der Waals surface area contributed by atoms with Gasteiger partial charge in [0, 0.05) is 18.6 Å². The number of rotatable bonds is 5. The number of nitrogens with zero attached hydrogens (tertiary/aromatic N) is 3. The van der Waals surface area contributed by atoms with E-state index in [0.29, 0.717) is 24.1 Å². The monoisotopic (exact) mass is 281 g/mol. The van der Waals surface area contributed by atoms with Crippen molar-refractivity contribution in [1.82, 2.24) is 15.1 Å². The zero-order chi connectivity index (χ0) is 14.7. The van der Waals surface area contributed by atoms with E-state index in [1.165, 1.54) is 0 Å². The molecule has 1 aliphatic heterocycles. The van der Waals surface area contributed by atoms with Gasteiger partial charge in [-0.15, -0.1) is 0 Å². The van der Waals surface area contributed by atoms with Crippen LogP contribution in [0, 0.1) is 17.0 Å². The van der Waals surface area contributed by atoms with Crippen molar-refractivity contribution in [1.29, 1.82) is 0 Å². The van der Waals surface area contributed by atoms with Crippen LogP contribution >= 0.6 is 0 Å². The summed E-state index contributed by atoms with van der Waals surface area (Å²) in [6.07, 6.45) is 2.83. The number of nitro groups is 1. The molecule has 1 aliphatic rings. The fourth-order valence-corrected chi connectivity index (χ4v) is 2.76. The van der Waals surface area contributed by atoms with E-state index >= 15 is 0 Å². The van der Waals surface area contributed by atoms with Crippen molar-refractivity contribution in [3.05, 3.63) is 15.8 Å². The number of aromatic nitrogens is 2. The summed E-state index contributed by atoms with van der Waals surface area (Å²) in [5, 5.41) is 22.3. The normalized spacial score (nSPS) is 22.8. The minimum absolute atomic E-state index is 0.115. The highest BCUT2D eigenvalue weighted by Crippen LogP contribution is 2.30. The van der Waals surface area contributed by atoms with E-state index in [-0.39, 0.29) is 16.7 Å². The van der Waals surface area contributed by atoms with Crippen LogP contribution in [0.4, 0.5) is 11.5 Å². The van der Waals surface area contributed by atoms with Gasteiger partial charge in [-0.3, -0.25) is 10.1 Å². The zero-order valence-corrected chi connectivity index (χ0v) is 12.3. The van der Waals surface area contributed by atoms with Crippen molar-refractivity contribution in [3.63, 3.8) is 0 Å². The van der Waals surface area contributed by atoms with Crippen LogP contribution in [0.25, 0.3) is 0 Å². The Morgan fingerprint density at radius 1 is 1.60 bits per heavy atom. The summed E-state index contributed by atoms with van der Waals surface area (Å²) in [7, 11) is 0. The zero-order valence-electron chi connectivity index (χ0n) is 12.3. The van der Waals surface area contributed by atoms with E-state index in [0.717, 1.165) is 25.8 Å². The first-order chi connectivity index (χ1) is 9.52. The predicted molar refractivity (Wildman–Crippen MR) is 78.0 cm³/mol. The van der Waals surface area contributed by atoms with Gasteiger partial charge in [0.1, 0.15) is 5.69 Å². The molecule has 1 aromatic heterocycles. The van der Waals surface area contributed by atoms with Gasteiger partial charge in [-0.05, 0) is 39.7 Å². The standard InChI is InChI=1S/C13H23N5O2/c1-4-7-17-13(12(18(19)20)10(3)16-17)15-11-5-6-14-9(2)8-11/h9,11,14-15H,4-8H2,1-3H3. The Morgan fingerprint density at radius 2 is 2.35 bits per heavy atom. The molecule has 2 N–H and O–H groups in total. The molecule has 2 rings (SSSR count). The maximum atomic E-state index is 11.3. The average Bonchev–Trinajstić information content (AvgIpc) is 2.66. The fraction of sp³-hybridized carbons (Fsp3) is 0.769. The molecule has 0 bridgehead atoms. The first-order valence-electron chi connectivity index (χ1n) is 7.24. The van der Waals surface area contributed by atoms with E-state index in [1.807, 2.05) is 6.92 Å². The minimum Gasteiger partial charge on any atom is -0.362 e. The van der Waals surface area contributed by atoms with Crippen molar-refractivity contribution < 1.29 is 4.92 Å². The molecule has 2 heterocycles. The number of anilines is 1. The highest BCUT2D eigenvalue weighted by atomic mass is 16.6. The lowest BCUT2D eigenvalue weighted by Crippen LogP contribution is -2.41. The average molecular weight is 281 g/mol. The second-order valence-corrected chi connectivity index (χ2v) is 5.48. The second-order valence-electron chi connectivity index (χ2n) is 5.48. The van der Waals surface area contributed by atoms with Crippen LogP contribution in [0.5, 0.6) is 0 Å². The first kappa shape index (κ1) is 14.8. The summed E-state index contributed by atoms with van der Waals surface area (Å²) < 4.78 is 1.74. The van der Waals surface area contributed by atoms with Crippen LogP contribution in [0.1, 0.15) is 38.8 Å². The Hall–Kier alpha value is -1.63. The van der Waals surface area contributed by atoms with Crippen molar-refractivity contribution in [2.45, 2.75) is 58.7 Å². The third-order valence-electron chi connectivity index (χ3n) is 3.68. The van der Waals surface area contributed by atoms with Crippen LogP contribution in [-0.2, 0) is 6.54 Å². The highest BCUT2D eigenvalue weighted by molar-refractivity contribution is 5.60. The van der Waals surface area contributed by atoms with Crippen LogP contribution < -0.4 is 10.6 Å². The maximum Gasteiger partial charge on any atom is 0.333 e. The number of piperidine rings is 1. The molecule has 2 unspecified atom stereocenters. The summed E-state index contributed by atoms with van der Waals surface area (Å²) in [5.74, 6) is 0.563. The summed E-state index contributed by atoms with van der Waals surface area (Å²) in [6.45, 7) is 7.50. The first-order valence-corrected chi connectivity index (χ1v) is 7.24. The fourth-order valence-electron chi connectivity index (χ4n) is 2.76. The molecule has 0 saturated carbocycles. The third kappa shape index (κ3) is 3.09. The highest BCUT2D eigenvalue weighted by Gasteiger charge is 2.28. The smallest absolute Gasteiger partial charge is 0.333 e. The molecule has 1 saturated heterocycles. The molecule has 7 heteroatoms. The SMILES string of the molecule is CCCn1nc(C)c([N+](=O)[O-])c1NC1CCNC(C)C1. The Morgan fingerprint density at radius 3 is 2.95 bits per heavy atom. The minimum atomic E-state index is -0.332. The largest absolute Gasteiger partial charge is 0.362 e. The summed E-state index contributed by atoms with van der Waals surface area (Å²) >= 11 is 0. The molecule has 0 radical (unpaired) electrons. The molecule has 0 aromatic carbocycles. The molecule has 7 nitrogen and oxygen atoms in total. The Labute approximate surface area is 118 Å². The molecule has 1 aromatic rings. The Balaban J connectivity index is 2.25. The molecular formula is C13H23N5O2. The number of nitrogens with one attached hydrogen (secondary N) is 2. The van der Waals surface area contributed by atoms with Gasteiger partial charge in [0.2, 0.25) is 5.82 Å². The quantitative estimate of drug-likeness (QED) is 0.637. The van der Waals surface area contributed by atoms with Crippen molar-refractivity contribution in [2.24, 2.45) is 0 Å². The molecule has 1 fully saturated rings.